The summed E-state index contributed by atoms with van der Waals surface area (Å²) in [5, 5.41) is 0.999. The Hall–Kier alpha value is -3.60. The quantitative estimate of drug-likeness (QED) is 0.481. The Labute approximate surface area is 150 Å². The van der Waals surface area contributed by atoms with Crippen molar-refractivity contribution in [2.45, 2.75) is 6.92 Å². The summed E-state index contributed by atoms with van der Waals surface area (Å²) < 4.78 is 2.10. The smallest absolute Gasteiger partial charge is 0.138 e. The van der Waals surface area contributed by atoms with Crippen LogP contribution >= 0.6 is 0 Å². The third kappa shape index (κ3) is 2.33. The highest BCUT2D eigenvalue weighted by Crippen LogP contribution is 2.33. The molecule has 0 aliphatic heterocycles. The minimum Gasteiger partial charge on any atom is -0.299 e. The van der Waals surface area contributed by atoms with Crippen molar-refractivity contribution in [3.63, 3.8) is 0 Å². The van der Waals surface area contributed by atoms with Crippen LogP contribution in [0.25, 0.3) is 39.2 Å². The van der Waals surface area contributed by atoms with Gasteiger partial charge in [-0.1, -0.05) is 18.2 Å². The maximum absolute atomic E-state index is 4.85. The Morgan fingerprint density at radius 2 is 1.88 bits per heavy atom. The second kappa shape index (κ2) is 5.74. The average Bonchev–Trinajstić information content (AvgIpc) is 3.07. The molecule has 124 valence electrons. The number of nitrogens with zero attached hydrogens (tertiary/aromatic N) is 5. The summed E-state index contributed by atoms with van der Waals surface area (Å²) in [5.41, 5.74) is 6.61. The summed E-state index contributed by atoms with van der Waals surface area (Å²) in [6.45, 7) is 1.99. The molecule has 0 aliphatic carbocycles. The predicted molar refractivity (Wildman–Crippen MR) is 102 cm³/mol. The minimum absolute atomic E-state index is 0.869. The lowest BCUT2D eigenvalue weighted by Crippen LogP contribution is -1.92. The fourth-order valence-corrected chi connectivity index (χ4v) is 3.26. The highest BCUT2D eigenvalue weighted by molar-refractivity contribution is 5.87. The molecule has 26 heavy (non-hydrogen) atoms. The second-order valence-corrected chi connectivity index (χ2v) is 6.20. The topological polar surface area (TPSA) is 56.0 Å². The first-order valence-electron chi connectivity index (χ1n) is 8.41. The molecule has 0 atom stereocenters. The maximum atomic E-state index is 4.85. The van der Waals surface area contributed by atoms with E-state index in [1.54, 1.807) is 6.33 Å². The van der Waals surface area contributed by atoms with Crippen molar-refractivity contribution in [2.75, 3.05) is 0 Å². The Morgan fingerprint density at radius 3 is 2.81 bits per heavy atom. The molecule has 0 amide bonds. The first kappa shape index (κ1) is 14.7. The van der Waals surface area contributed by atoms with Crippen molar-refractivity contribution < 1.29 is 0 Å². The molecule has 5 aromatic rings. The molecule has 0 N–H and O–H groups in total. The number of aryl methyl sites for hydroxylation is 1. The molecular formula is C21H15N5. The molecule has 0 fully saturated rings. The van der Waals surface area contributed by atoms with Crippen LogP contribution in [-0.4, -0.2) is 24.3 Å². The molecule has 0 saturated carbocycles. The molecule has 0 radical (unpaired) electrons. The third-order valence-corrected chi connectivity index (χ3v) is 4.44. The van der Waals surface area contributed by atoms with Gasteiger partial charge in [0.05, 0.1) is 16.9 Å². The van der Waals surface area contributed by atoms with Crippen molar-refractivity contribution in [3.8, 4) is 22.6 Å². The monoisotopic (exact) mass is 337 g/mol. The zero-order valence-corrected chi connectivity index (χ0v) is 14.2. The summed E-state index contributed by atoms with van der Waals surface area (Å²) in [5.74, 6) is 0. The number of hydrogen-bond acceptors (Lipinski definition) is 4. The predicted octanol–water partition coefficient (Wildman–Crippen LogP) is 4.31. The third-order valence-electron chi connectivity index (χ3n) is 4.44. The number of aromatic nitrogens is 5. The van der Waals surface area contributed by atoms with E-state index in [1.807, 2.05) is 61.8 Å². The summed E-state index contributed by atoms with van der Waals surface area (Å²) in [6, 6.07) is 18.2. The molecular weight excluding hydrogens is 322 g/mol. The van der Waals surface area contributed by atoms with Crippen molar-refractivity contribution in [1.29, 1.82) is 0 Å². The lowest BCUT2D eigenvalue weighted by atomic mass is 10.1. The first-order chi connectivity index (χ1) is 12.8. The van der Waals surface area contributed by atoms with Crippen molar-refractivity contribution >= 4 is 16.6 Å². The number of hydrogen-bond donors (Lipinski definition) is 0. The Bertz CT molecular complexity index is 1260. The van der Waals surface area contributed by atoms with Gasteiger partial charge in [0.25, 0.3) is 0 Å². The van der Waals surface area contributed by atoms with Gasteiger partial charge in [-0.15, -0.1) is 0 Å². The second-order valence-electron chi connectivity index (χ2n) is 6.20. The van der Waals surface area contributed by atoms with Crippen LogP contribution in [0.1, 0.15) is 5.69 Å². The van der Waals surface area contributed by atoms with E-state index in [2.05, 4.69) is 31.5 Å². The Morgan fingerprint density at radius 1 is 0.923 bits per heavy atom. The number of fused-ring (bicyclic) bond motifs is 2. The fraction of sp³-hybridized carbons (Fsp3) is 0.0476. The van der Waals surface area contributed by atoms with E-state index in [1.165, 1.54) is 0 Å². The van der Waals surface area contributed by atoms with Gasteiger partial charge in [0.1, 0.15) is 17.7 Å². The van der Waals surface area contributed by atoms with Crippen LogP contribution in [0.4, 0.5) is 0 Å². The summed E-state index contributed by atoms with van der Waals surface area (Å²) in [7, 11) is 0. The van der Waals surface area contributed by atoms with Crippen LogP contribution in [0, 0.1) is 6.92 Å². The van der Waals surface area contributed by atoms with Gasteiger partial charge < -0.3 is 0 Å². The van der Waals surface area contributed by atoms with Gasteiger partial charge in [-0.05, 0) is 43.3 Å². The van der Waals surface area contributed by atoms with Crippen LogP contribution in [0.2, 0.25) is 0 Å². The summed E-state index contributed by atoms with van der Waals surface area (Å²) in [4.78, 5) is 18.0. The zero-order chi connectivity index (χ0) is 17.5. The van der Waals surface area contributed by atoms with E-state index in [-0.39, 0.29) is 0 Å². The van der Waals surface area contributed by atoms with Crippen molar-refractivity contribution in [3.05, 3.63) is 79.0 Å². The fourth-order valence-electron chi connectivity index (χ4n) is 3.26. The van der Waals surface area contributed by atoms with E-state index < -0.39 is 0 Å². The highest BCUT2D eigenvalue weighted by atomic mass is 15.0. The summed E-state index contributed by atoms with van der Waals surface area (Å²) >= 11 is 0. The highest BCUT2D eigenvalue weighted by Gasteiger charge is 2.17. The van der Waals surface area contributed by atoms with Crippen LogP contribution in [-0.2, 0) is 0 Å². The molecule has 0 spiro atoms. The van der Waals surface area contributed by atoms with Gasteiger partial charge in [-0.25, -0.2) is 15.0 Å². The first-order valence-corrected chi connectivity index (χ1v) is 8.41. The molecule has 0 saturated heterocycles. The molecule has 0 unspecified atom stereocenters. The largest absolute Gasteiger partial charge is 0.299 e. The normalized spacial score (nSPS) is 11.3. The number of pyridine rings is 2. The molecule has 4 heterocycles. The average molecular weight is 337 g/mol. The SMILES string of the molecule is Cc1cccc(-c2nc3ccccn3c2-c2ccc3ncncc3c2)n1. The van der Waals surface area contributed by atoms with E-state index in [4.69, 9.17) is 4.98 Å². The molecule has 5 nitrogen and oxygen atoms in total. The minimum atomic E-state index is 0.869. The number of rotatable bonds is 2. The van der Waals surface area contributed by atoms with Crippen molar-refractivity contribution in [1.82, 2.24) is 24.3 Å². The molecule has 0 aliphatic rings. The molecule has 5 rings (SSSR count). The zero-order valence-electron chi connectivity index (χ0n) is 14.2. The standard InChI is InChI=1S/C21H15N5/c1-14-5-4-6-18(24-14)20-21(26-10-3-2-7-19(26)25-20)15-8-9-17-16(11-15)12-22-13-23-17/h2-13H,1H3. The number of imidazole rings is 1. The van der Waals surface area contributed by atoms with E-state index >= 15 is 0 Å². The van der Waals surface area contributed by atoms with Gasteiger partial charge in [0.15, 0.2) is 0 Å². The number of benzene rings is 1. The van der Waals surface area contributed by atoms with Crippen LogP contribution in [0.5, 0.6) is 0 Å². The molecule has 1 aromatic carbocycles. The van der Waals surface area contributed by atoms with Gasteiger partial charge in [0, 0.05) is 29.0 Å². The lowest BCUT2D eigenvalue weighted by Gasteiger charge is -2.07. The van der Waals surface area contributed by atoms with Crippen LogP contribution in [0.3, 0.4) is 0 Å². The Balaban J connectivity index is 1.83. The van der Waals surface area contributed by atoms with E-state index in [0.717, 1.165) is 44.9 Å². The van der Waals surface area contributed by atoms with E-state index in [9.17, 15) is 0 Å². The van der Waals surface area contributed by atoms with Crippen LogP contribution in [0.15, 0.2) is 73.3 Å². The van der Waals surface area contributed by atoms with Gasteiger partial charge in [-0.3, -0.25) is 9.38 Å². The van der Waals surface area contributed by atoms with Gasteiger partial charge >= 0.3 is 0 Å². The molecule has 4 aromatic heterocycles. The van der Waals surface area contributed by atoms with Gasteiger partial charge in [-0.2, -0.15) is 0 Å². The van der Waals surface area contributed by atoms with E-state index in [0.29, 0.717) is 0 Å². The Kier molecular flexibility index (Phi) is 3.25. The summed E-state index contributed by atoms with van der Waals surface area (Å²) in [6.07, 6.45) is 5.43. The molecule has 5 heteroatoms. The lowest BCUT2D eigenvalue weighted by molar-refractivity contribution is 1.18. The maximum Gasteiger partial charge on any atom is 0.138 e. The van der Waals surface area contributed by atoms with Crippen LogP contribution < -0.4 is 0 Å². The van der Waals surface area contributed by atoms with Crippen molar-refractivity contribution in [2.24, 2.45) is 0 Å². The van der Waals surface area contributed by atoms with Gasteiger partial charge in [0.2, 0.25) is 0 Å². The molecule has 0 bridgehead atoms.